The van der Waals surface area contributed by atoms with Crippen LogP contribution < -0.4 is 10.6 Å². The lowest BCUT2D eigenvalue weighted by molar-refractivity contribution is 0.0969. The zero-order chi connectivity index (χ0) is 27.5. The van der Waals surface area contributed by atoms with E-state index in [1.807, 2.05) is 60.7 Å². The number of rotatable bonds is 6. The number of benzene rings is 4. The molecule has 0 aliphatic carbocycles. The van der Waals surface area contributed by atoms with Gasteiger partial charge in [0.15, 0.2) is 10.3 Å². The molecule has 0 atom stereocenters. The topological polar surface area (TPSA) is 82.9 Å². The fraction of sp³-hybridized carbons (Fsp3) is 0.0345. The van der Waals surface area contributed by atoms with Gasteiger partial charge in [-0.15, -0.1) is 0 Å². The van der Waals surface area contributed by atoms with Crippen molar-refractivity contribution in [3.63, 3.8) is 0 Å². The van der Waals surface area contributed by atoms with Gasteiger partial charge in [0.25, 0.3) is 11.8 Å². The summed E-state index contributed by atoms with van der Waals surface area (Å²) in [6.45, 7) is 0. The molecule has 0 aromatic heterocycles. The first kappa shape index (κ1) is 28.4. The predicted molar refractivity (Wildman–Crippen MR) is 165 cm³/mol. The Morgan fingerprint density at radius 3 is 1.28 bits per heavy atom. The van der Waals surface area contributed by atoms with Gasteiger partial charge in [-0.3, -0.25) is 9.59 Å². The number of aliphatic imine (C=N–C) groups is 2. The van der Waals surface area contributed by atoms with Crippen LogP contribution in [0.3, 0.4) is 0 Å². The second kappa shape index (κ2) is 14.6. The molecule has 0 fully saturated rings. The molecule has 2 N–H and O–H groups in total. The first-order chi connectivity index (χ1) is 19.0. The highest BCUT2D eigenvalue weighted by Crippen LogP contribution is 2.21. The van der Waals surface area contributed by atoms with Crippen LogP contribution in [0.2, 0.25) is 10.0 Å². The Hall–Kier alpha value is -3.56. The maximum absolute atomic E-state index is 12.9. The van der Waals surface area contributed by atoms with Gasteiger partial charge in [0.1, 0.15) is 0 Å². The molecule has 0 unspecified atom stereocenters. The molecule has 0 aliphatic rings. The van der Waals surface area contributed by atoms with E-state index in [9.17, 15) is 9.59 Å². The second-order valence-corrected chi connectivity index (χ2v) is 11.0. The van der Waals surface area contributed by atoms with Crippen molar-refractivity contribution in [2.45, 2.75) is 0 Å². The van der Waals surface area contributed by atoms with Crippen LogP contribution in [0, 0.1) is 0 Å². The number of para-hydroxylation sites is 2. The van der Waals surface area contributed by atoms with Crippen molar-refractivity contribution in [2.75, 3.05) is 5.08 Å². The van der Waals surface area contributed by atoms with Gasteiger partial charge >= 0.3 is 0 Å². The van der Waals surface area contributed by atoms with Crippen molar-refractivity contribution in [1.29, 1.82) is 0 Å². The van der Waals surface area contributed by atoms with Crippen LogP contribution in [-0.4, -0.2) is 27.2 Å². The minimum atomic E-state index is -0.312. The quantitative estimate of drug-likeness (QED) is 0.135. The SMILES string of the molecule is O=C(NC(=Nc1ccccc1)SCSC(=Nc1ccccc1)NC(=O)c1ccc(Cl)cc1)c1ccc(Cl)cc1. The molecular formula is C29H22Cl2N4O2S2. The lowest BCUT2D eigenvalue weighted by Crippen LogP contribution is -2.30. The standard InChI is InChI=1S/C29H22Cl2N4O2S2/c30-22-15-11-20(12-16-22)26(36)34-28(32-24-7-3-1-4-8-24)38-19-39-29(33-25-9-5-2-6-10-25)35-27(37)21-13-17-23(31)18-14-21/h1-18H,19H2,(H,32,34,36)(H,33,35,37). The van der Waals surface area contributed by atoms with Gasteiger partial charge in [0, 0.05) is 21.2 Å². The van der Waals surface area contributed by atoms with Crippen molar-refractivity contribution in [3.05, 3.63) is 130 Å². The summed E-state index contributed by atoms with van der Waals surface area (Å²) in [5.41, 5.74) is 2.29. The molecule has 4 aromatic carbocycles. The number of carbonyl (C=O) groups excluding carboxylic acids is 2. The number of amidine groups is 2. The molecule has 0 saturated heterocycles. The van der Waals surface area contributed by atoms with Crippen LogP contribution in [0.4, 0.5) is 11.4 Å². The number of hydrogen-bond donors (Lipinski definition) is 2. The van der Waals surface area contributed by atoms with Crippen molar-refractivity contribution in [1.82, 2.24) is 10.6 Å². The van der Waals surface area contributed by atoms with E-state index < -0.39 is 0 Å². The molecule has 196 valence electrons. The van der Waals surface area contributed by atoms with Gasteiger partial charge in [0.05, 0.1) is 16.5 Å². The Bertz CT molecular complexity index is 1350. The summed E-state index contributed by atoms with van der Waals surface area (Å²) in [6, 6.07) is 31.8. The van der Waals surface area contributed by atoms with Crippen molar-refractivity contribution < 1.29 is 9.59 Å². The van der Waals surface area contributed by atoms with Crippen LogP contribution in [-0.2, 0) is 0 Å². The fourth-order valence-corrected chi connectivity index (χ4v) is 5.16. The van der Waals surface area contributed by atoms with E-state index in [1.165, 1.54) is 23.5 Å². The summed E-state index contributed by atoms with van der Waals surface area (Å²) >= 11 is 14.5. The Balaban J connectivity index is 1.50. The number of thioether (sulfide) groups is 2. The number of halogens is 2. The summed E-state index contributed by atoms with van der Waals surface area (Å²) < 4.78 is 0. The minimum absolute atomic E-state index is 0.312. The fourth-order valence-electron chi connectivity index (χ4n) is 3.11. The number of nitrogens with one attached hydrogen (secondary N) is 2. The first-order valence-corrected chi connectivity index (χ1v) is 14.4. The Labute approximate surface area is 244 Å². The summed E-state index contributed by atoms with van der Waals surface area (Å²) in [5.74, 6) is -0.624. The van der Waals surface area contributed by atoms with Crippen LogP contribution >= 0.6 is 46.7 Å². The molecule has 0 spiro atoms. The van der Waals surface area contributed by atoms with E-state index in [0.29, 0.717) is 48.0 Å². The Morgan fingerprint density at radius 2 is 0.923 bits per heavy atom. The normalized spacial score (nSPS) is 11.6. The third kappa shape index (κ3) is 9.30. The summed E-state index contributed by atoms with van der Waals surface area (Å²) in [4.78, 5) is 35.0. The van der Waals surface area contributed by atoms with E-state index in [2.05, 4.69) is 20.6 Å². The Morgan fingerprint density at radius 1 is 0.564 bits per heavy atom. The number of carbonyl (C=O) groups is 2. The highest BCUT2D eigenvalue weighted by atomic mass is 35.5. The largest absolute Gasteiger partial charge is 0.301 e. The summed E-state index contributed by atoms with van der Waals surface area (Å²) in [6.07, 6.45) is 0. The molecular weight excluding hydrogens is 571 g/mol. The first-order valence-electron chi connectivity index (χ1n) is 11.6. The molecule has 6 nitrogen and oxygen atoms in total. The maximum atomic E-state index is 12.9. The van der Waals surface area contributed by atoms with Crippen molar-refractivity contribution in [3.8, 4) is 0 Å². The van der Waals surface area contributed by atoms with Crippen LogP contribution in [0.15, 0.2) is 119 Å². The molecule has 4 rings (SSSR count). The average molecular weight is 594 g/mol. The van der Waals surface area contributed by atoms with Crippen LogP contribution in [0.25, 0.3) is 0 Å². The van der Waals surface area contributed by atoms with E-state index >= 15 is 0 Å². The lowest BCUT2D eigenvalue weighted by atomic mass is 10.2. The van der Waals surface area contributed by atoms with Gasteiger partial charge in [-0.05, 0) is 72.8 Å². The lowest BCUT2D eigenvalue weighted by Gasteiger charge is -2.11. The van der Waals surface area contributed by atoms with E-state index in [1.54, 1.807) is 48.5 Å². The minimum Gasteiger partial charge on any atom is -0.301 e. The maximum Gasteiger partial charge on any atom is 0.257 e. The van der Waals surface area contributed by atoms with Crippen molar-refractivity contribution >= 4 is 80.3 Å². The van der Waals surface area contributed by atoms with Gasteiger partial charge in [-0.25, -0.2) is 9.98 Å². The van der Waals surface area contributed by atoms with Gasteiger partial charge in [-0.1, -0.05) is 83.1 Å². The number of hydrogen-bond acceptors (Lipinski definition) is 6. The zero-order valence-electron chi connectivity index (χ0n) is 20.4. The molecule has 39 heavy (non-hydrogen) atoms. The zero-order valence-corrected chi connectivity index (χ0v) is 23.5. The molecule has 10 heteroatoms. The van der Waals surface area contributed by atoms with E-state index in [4.69, 9.17) is 23.2 Å². The van der Waals surface area contributed by atoms with Crippen LogP contribution in [0.1, 0.15) is 20.7 Å². The number of amides is 2. The van der Waals surface area contributed by atoms with Gasteiger partial charge < -0.3 is 10.6 Å². The molecule has 0 heterocycles. The smallest absolute Gasteiger partial charge is 0.257 e. The molecule has 2 amide bonds. The predicted octanol–water partition coefficient (Wildman–Crippen LogP) is 7.95. The number of nitrogens with zero attached hydrogens (tertiary/aromatic N) is 2. The summed E-state index contributed by atoms with van der Waals surface area (Å²) in [5, 5.41) is 8.04. The molecule has 0 radical (unpaired) electrons. The summed E-state index contributed by atoms with van der Waals surface area (Å²) in [7, 11) is 0. The molecule has 0 aliphatic heterocycles. The van der Waals surface area contributed by atoms with Gasteiger partial charge in [0.2, 0.25) is 0 Å². The monoisotopic (exact) mass is 592 g/mol. The Kier molecular flexibility index (Phi) is 10.6. The highest BCUT2D eigenvalue weighted by molar-refractivity contribution is 8.29. The van der Waals surface area contributed by atoms with E-state index in [-0.39, 0.29) is 11.8 Å². The molecule has 0 saturated carbocycles. The molecule has 4 aromatic rings. The highest BCUT2D eigenvalue weighted by Gasteiger charge is 2.14. The second-order valence-electron chi connectivity index (χ2n) is 7.83. The van der Waals surface area contributed by atoms with E-state index in [0.717, 1.165) is 0 Å². The van der Waals surface area contributed by atoms with Crippen LogP contribution in [0.5, 0.6) is 0 Å². The molecule has 0 bridgehead atoms. The van der Waals surface area contributed by atoms with Gasteiger partial charge in [-0.2, -0.15) is 0 Å². The third-order valence-corrected chi connectivity index (χ3v) is 7.40. The average Bonchev–Trinajstić information content (AvgIpc) is 2.94. The van der Waals surface area contributed by atoms with Crippen molar-refractivity contribution in [2.24, 2.45) is 9.98 Å². The third-order valence-electron chi connectivity index (χ3n) is 5.02.